The molecule has 0 aliphatic carbocycles. The van der Waals surface area contributed by atoms with Crippen LogP contribution in [-0.4, -0.2) is 86.0 Å². The van der Waals surface area contributed by atoms with Crippen LogP contribution in [0.15, 0.2) is 0 Å². The molecule has 0 aromatic rings. The van der Waals surface area contributed by atoms with Crippen molar-refractivity contribution in [3.63, 3.8) is 0 Å². The summed E-state index contributed by atoms with van der Waals surface area (Å²) in [7, 11) is 5.50. The van der Waals surface area contributed by atoms with Gasteiger partial charge < -0.3 is 20.2 Å². The van der Waals surface area contributed by atoms with Crippen LogP contribution in [0.5, 0.6) is 0 Å². The number of carbonyl (C=O) groups excluding carboxylic acids is 1. The minimum atomic E-state index is -0.988. The number of carboxylic acid groups (broad SMARTS) is 1. The summed E-state index contributed by atoms with van der Waals surface area (Å²) in [6.45, 7) is 5.16. The first kappa shape index (κ1) is 20.6. The average Bonchev–Trinajstić information content (AvgIpc) is 2.23. The zero-order valence-corrected chi connectivity index (χ0v) is 11.9. The van der Waals surface area contributed by atoms with Gasteiger partial charge in [-0.25, -0.2) is 9.59 Å². The summed E-state index contributed by atoms with van der Waals surface area (Å²) < 4.78 is 0. The van der Waals surface area contributed by atoms with Crippen molar-refractivity contribution >= 4 is 30.9 Å². The fraction of sp³-hybridized carbons (Fsp3) is 0.833. The third-order valence-electron chi connectivity index (χ3n) is 2.53. The van der Waals surface area contributed by atoms with E-state index < -0.39 is 12.0 Å². The predicted molar refractivity (Wildman–Crippen MR) is 77.7 cm³/mol. The molecule has 0 bridgehead atoms. The molecule has 19 heavy (non-hydrogen) atoms. The van der Waals surface area contributed by atoms with E-state index in [0.717, 1.165) is 6.54 Å². The van der Waals surface area contributed by atoms with Gasteiger partial charge in [0, 0.05) is 20.1 Å². The standard InChI is InChI=1S/C12H25N3O3.Li.H/c1-9(2)8-10(11(16)17)13-12(18)15(5)7-6-14(3)4;;/h9-10H,6-8H2,1-5H3,(H,13,18)(H,16,17);;. The molecule has 0 aliphatic heterocycles. The molecule has 1 unspecified atom stereocenters. The molecular weight excluding hydrogens is 241 g/mol. The third-order valence-corrected chi connectivity index (χ3v) is 2.53. The van der Waals surface area contributed by atoms with Crippen molar-refractivity contribution in [1.82, 2.24) is 15.1 Å². The summed E-state index contributed by atoms with van der Waals surface area (Å²) in [4.78, 5) is 26.3. The number of carbonyl (C=O) groups is 2. The SMILES string of the molecule is CC(C)CC(NC(=O)N(C)CCN(C)C)C(=O)O.[LiH]. The minimum absolute atomic E-state index is 0. The summed E-state index contributed by atoms with van der Waals surface area (Å²) in [5.41, 5.74) is 0. The Kier molecular flexibility index (Phi) is 11.0. The molecule has 0 rings (SSSR count). The number of urea groups is 1. The number of likely N-dealkylation sites (N-methyl/N-ethyl adjacent to an activating group) is 2. The van der Waals surface area contributed by atoms with Crippen LogP contribution in [0.25, 0.3) is 0 Å². The molecule has 0 fully saturated rings. The fourth-order valence-corrected chi connectivity index (χ4v) is 1.40. The molecule has 108 valence electrons. The molecule has 0 radical (unpaired) electrons. The topological polar surface area (TPSA) is 72.9 Å². The molecule has 1 atom stereocenters. The van der Waals surface area contributed by atoms with E-state index in [1.165, 1.54) is 4.90 Å². The molecule has 0 saturated carbocycles. The van der Waals surface area contributed by atoms with Crippen molar-refractivity contribution in [2.45, 2.75) is 26.3 Å². The normalized spacial score (nSPS) is 11.9. The van der Waals surface area contributed by atoms with Crippen LogP contribution < -0.4 is 5.32 Å². The molecule has 0 heterocycles. The van der Waals surface area contributed by atoms with Crippen LogP contribution in [0, 0.1) is 5.92 Å². The van der Waals surface area contributed by atoms with Crippen LogP contribution in [0.4, 0.5) is 4.79 Å². The molecule has 0 aliphatic rings. The summed E-state index contributed by atoms with van der Waals surface area (Å²) >= 11 is 0. The van der Waals surface area contributed by atoms with Gasteiger partial charge in [0.1, 0.15) is 6.04 Å². The van der Waals surface area contributed by atoms with Crippen LogP contribution in [0.3, 0.4) is 0 Å². The quantitative estimate of drug-likeness (QED) is 0.639. The maximum atomic E-state index is 11.8. The van der Waals surface area contributed by atoms with Gasteiger partial charge in [0.2, 0.25) is 0 Å². The Morgan fingerprint density at radius 2 is 1.68 bits per heavy atom. The molecular formula is C12H26LiN3O3. The second kappa shape index (κ2) is 10.1. The molecule has 7 heteroatoms. The van der Waals surface area contributed by atoms with Crippen LogP contribution >= 0.6 is 0 Å². The summed E-state index contributed by atoms with van der Waals surface area (Å²) in [5.74, 6) is -0.767. The van der Waals surface area contributed by atoms with E-state index in [2.05, 4.69) is 5.32 Å². The molecule has 2 amide bonds. The van der Waals surface area contributed by atoms with E-state index in [1.807, 2.05) is 32.8 Å². The number of nitrogens with zero attached hydrogens (tertiary/aromatic N) is 2. The molecule has 0 saturated heterocycles. The van der Waals surface area contributed by atoms with E-state index >= 15 is 0 Å². The van der Waals surface area contributed by atoms with Gasteiger partial charge in [0.25, 0.3) is 0 Å². The Balaban J connectivity index is 0. The number of hydrogen-bond acceptors (Lipinski definition) is 3. The fourth-order valence-electron chi connectivity index (χ4n) is 1.40. The Labute approximate surface area is 127 Å². The second-order valence-electron chi connectivity index (χ2n) is 5.19. The predicted octanol–water partition coefficient (Wildman–Crippen LogP) is 0.0402. The summed E-state index contributed by atoms with van der Waals surface area (Å²) in [6, 6.07) is -1.16. The number of hydrogen-bond donors (Lipinski definition) is 2. The van der Waals surface area contributed by atoms with E-state index in [9.17, 15) is 9.59 Å². The van der Waals surface area contributed by atoms with E-state index in [-0.39, 0.29) is 30.8 Å². The van der Waals surface area contributed by atoms with Crippen molar-refractivity contribution in [1.29, 1.82) is 0 Å². The van der Waals surface area contributed by atoms with Gasteiger partial charge in [0.05, 0.1) is 0 Å². The Bertz CT molecular complexity index is 285. The molecule has 0 spiro atoms. The van der Waals surface area contributed by atoms with Crippen molar-refractivity contribution in [3.05, 3.63) is 0 Å². The monoisotopic (exact) mass is 267 g/mol. The number of aliphatic carboxylic acids is 1. The van der Waals surface area contributed by atoms with Crippen molar-refractivity contribution in [3.8, 4) is 0 Å². The van der Waals surface area contributed by atoms with E-state index in [4.69, 9.17) is 5.11 Å². The first-order valence-electron chi connectivity index (χ1n) is 6.13. The zero-order chi connectivity index (χ0) is 14.3. The van der Waals surface area contributed by atoms with Gasteiger partial charge >= 0.3 is 30.9 Å². The van der Waals surface area contributed by atoms with E-state index in [0.29, 0.717) is 13.0 Å². The average molecular weight is 267 g/mol. The summed E-state index contributed by atoms with van der Waals surface area (Å²) in [6.07, 6.45) is 0.433. The van der Waals surface area contributed by atoms with Gasteiger partial charge in [-0.3, -0.25) is 0 Å². The van der Waals surface area contributed by atoms with Gasteiger partial charge in [-0.1, -0.05) is 13.8 Å². The first-order chi connectivity index (χ1) is 8.23. The second-order valence-corrected chi connectivity index (χ2v) is 5.19. The number of rotatable bonds is 7. The van der Waals surface area contributed by atoms with Crippen molar-refractivity contribution in [2.24, 2.45) is 5.92 Å². The first-order valence-corrected chi connectivity index (χ1v) is 6.13. The Morgan fingerprint density at radius 1 is 1.16 bits per heavy atom. The van der Waals surface area contributed by atoms with Crippen LogP contribution in [0.1, 0.15) is 20.3 Å². The molecule has 0 aromatic heterocycles. The van der Waals surface area contributed by atoms with Crippen LogP contribution in [-0.2, 0) is 4.79 Å². The van der Waals surface area contributed by atoms with Crippen molar-refractivity contribution < 1.29 is 14.7 Å². The maximum absolute atomic E-state index is 11.8. The van der Waals surface area contributed by atoms with E-state index in [1.54, 1.807) is 7.05 Å². The van der Waals surface area contributed by atoms with Gasteiger partial charge in [-0.15, -0.1) is 0 Å². The number of amides is 2. The molecule has 2 N–H and O–H groups in total. The van der Waals surface area contributed by atoms with Crippen LogP contribution in [0.2, 0.25) is 0 Å². The third kappa shape index (κ3) is 9.83. The summed E-state index contributed by atoms with van der Waals surface area (Å²) in [5, 5.41) is 11.6. The zero-order valence-electron chi connectivity index (χ0n) is 11.9. The van der Waals surface area contributed by atoms with Gasteiger partial charge in [0.15, 0.2) is 0 Å². The molecule has 6 nitrogen and oxygen atoms in total. The number of nitrogens with one attached hydrogen (secondary N) is 1. The Morgan fingerprint density at radius 3 is 2.05 bits per heavy atom. The molecule has 0 aromatic carbocycles. The number of carboxylic acids is 1. The Hall–Kier alpha value is -0.703. The van der Waals surface area contributed by atoms with Crippen molar-refractivity contribution in [2.75, 3.05) is 34.2 Å². The van der Waals surface area contributed by atoms with Gasteiger partial charge in [-0.2, -0.15) is 0 Å². The van der Waals surface area contributed by atoms with Gasteiger partial charge in [-0.05, 0) is 26.4 Å².